The summed E-state index contributed by atoms with van der Waals surface area (Å²) in [7, 11) is 1.29. The van der Waals surface area contributed by atoms with E-state index in [0.717, 1.165) is 9.82 Å². The van der Waals surface area contributed by atoms with Crippen LogP contribution >= 0.6 is 11.6 Å². The number of sulfonamides is 1. The fourth-order valence-electron chi connectivity index (χ4n) is 2.83. The maximum absolute atomic E-state index is 12.3. The lowest BCUT2D eigenvalue weighted by molar-refractivity contribution is -0.116. The van der Waals surface area contributed by atoms with E-state index in [1.165, 1.54) is 14.1 Å². The monoisotopic (exact) mass is 420 g/mol. The molecule has 1 heterocycles. The van der Waals surface area contributed by atoms with Gasteiger partial charge < -0.3 is 9.88 Å². The number of para-hydroxylation sites is 1. The van der Waals surface area contributed by atoms with Gasteiger partial charge in [0.05, 0.1) is 26.6 Å². The van der Waals surface area contributed by atoms with Crippen LogP contribution in [0.4, 0.5) is 5.69 Å². The molecular formula is C19H21ClN4O3S. The fourth-order valence-corrected chi connectivity index (χ4v) is 3.93. The summed E-state index contributed by atoms with van der Waals surface area (Å²) < 4.78 is 27.7. The molecule has 0 aliphatic carbocycles. The van der Waals surface area contributed by atoms with Gasteiger partial charge in [0.2, 0.25) is 15.9 Å². The van der Waals surface area contributed by atoms with Gasteiger partial charge in [0.1, 0.15) is 5.82 Å². The van der Waals surface area contributed by atoms with Crippen molar-refractivity contribution < 1.29 is 13.2 Å². The molecule has 3 aromatic rings. The molecule has 7 nitrogen and oxygen atoms in total. The summed E-state index contributed by atoms with van der Waals surface area (Å²) in [6.07, 6.45) is 0.641. The minimum Gasteiger partial charge on any atom is -0.331 e. The number of halogens is 1. The van der Waals surface area contributed by atoms with Crippen molar-refractivity contribution in [3.8, 4) is 0 Å². The van der Waals surface area contributed by atoms with Crippen molar-refractivity contribution in [1.82, 2.24) is 13.9 Å². The highest BCUT2D eigenvalue weighted by atomic mass is 35.5. The molecule has 0 aliphatic rings. The van der Waals surface area contributed by atoms with E-state index < -0.39 is 10.0 Å². The maximum Gasteiger partial charge on any atom is 0.242 e. The van der Waals surface area contributed by atoms with Gasteiger partial charge in [-0.3, -0.25) is 4.79 Å². The van der Waals surface area contributed by atoms with Gasteiger partial charge in [0, 0.05) is 34.0 Å². The van der Waals surface area contributed by atoms with Gasteiger partial charge in [0.25, 0.3) is 0 Å². The molecular weight excluding hydrogens is 400 g/mol. The molecule has 3 rings (SSSR count). The first-order valence-electron chi connectivity index (χ1n) is 8.62. The molecule has 0 aliphatic heterocycles. The molecule has 2 aromatic carbocycles. The molecule has 0 fully saturated rings. The molecule has 1 amide bonds. The van der Waals surface area contributed by atoms with Gasteiger partial charge >= 0.3 is 0 Å². The third-order valence-electron chi connectivity index (χ3n) is 4.45. The highest BCUT2D eigenvalue weighted by molar-refractivity contribution is 7.89. The van der Waals surface area contributed by atoms with Crippen LogP contribution in [0.2, 0.25) is 5.02 Å². The Balaban J connectivity index is 1.77. The zero-order chi connectivity index (χ0) is 20.5. The van der Waals surface area contributed by atoms with E-state index in [4.69, 9.17) is 11.6 Å². The number of fused-ring (bicyclic) bond motifs is 1. The molecule has 0 radical (unpaired) electrons. The molecule has 0 spiro atoms. The lowest BCUT2D eigenvalue weighted by atomic mass is 10.2. The average Bonchev–Trinajstić information content (AvgIpc) is 2.97. The van der Waals surface area contributed by atoms with E-state index >= 15 is 0 Å². The predicted molar refractivity (Wildman–Crippen MR) is 110 cm³/mol. The molecule has 1 aromatic heterocycles. The number of benzene rings is 2. The number of aromatic nitrogens is 2. The minimum atomic E-state index is -3.53. The smallest absolute Gasteiger partial charge is 0.242 e. The third-order valence-corrected chi connectivity index (χ3v) is 6.59. The molecule has 0 unspecified atom stereocenters. The minimum absolute atomic E-state index is 0.170. The summed E-state index contributed by atoms with van der Waals surface area (Å²) in [5.41, 5.74) is 1.95. The first-order valence-corrected chi connectivity index (χ1v) is 10.4. The topological polar surface area (TPSA) is 84.3 Å². The normalized spacial score (nSPS) is 11.9. The van der Waals surface area contributed by atoms with Crippen LogP contribution in [0.5, 0.6) is 0 Å². The number of anilines is 1. The zero-order valence-corrected chi connectivity index (χ0v) is 17.4. The second-order valence-electron chi connectivity index (χ2n) is 6.55. The third kappa shape index (κ3) is 4.04. The van der Waals surface area contributed by atoms with Crippen LogP contribution < -0.4 is 5.32 Å². The molecule has 0 saturated heterocycles. The van der Waals surface area contributed by atoms with Crippen LogP contribution in [-0.2, 0) is 28.3 Å². The Bertz CT molecular complexity index is 1140. The van der Waals surface area contributed by atoms with Crippen molar-refractivity contribution in [3.63, 3.8) is 0 Å². The molecule has 0 saturated carbocycles. The van der Waals surface area contributed by atoms with Crippen LogP contribution in [-0.4, -0.2) is 42.3 Å². The van der Waals surface area contributed by atoms with Gasteiger partial charge in [-0.2, -0.15) is 0 Å². The maximum atomic E-state index is 12.3. The standard InChI is InChI=1S/C19H21ClN4O3S/c1-23(2)28(26,27)13-8-9-17-16(12-13)21-18(24(17)3)10-11-19(25)22-15-7-5-4-6-14(15)20/h4-9,12H,10-11H2,1-3H3,(H,22,25). The summed E-state index contributed by atoms with van der Waals surface area (Å²) in [4.78, 5) is 16.9. The number of nitrogens with zero attached hydrogens (tertiary/aromatic N) is 3. The van der Waals surface area contributed by atoms with Crippen molar-refractivity contribution in [2.75, 3.05) is 19.4 Å². The van der Waals surface area contributed by atoms with E-state index in [1.807, 2.05) is 11.6 Å². The van der Waals surface area contributed by atoms with Crippen LogP contribution in [0.25, 0.3) is 11.0 Å². The average molecular weight is 421 g/mol. The Labute approximate surface area is 169 Å². The number of hydrogen-bond acceptors (Lipinski definition) is 4. The Kier molecular flexibility index (Phi) is 5.74. The van der Waals surface area contributed by atoms with E-state index in [-0.39, 0.29) is 17.2 Å². The zero-order valence-electron chi connectivity index (χ0n) is 15.8. The molecule has 0 atom stereocenters. The van der Waals surface area contributed by atoms with Crippen LogP contribution in [0, 0.1) is 0 Å². The largest absolute Gasteiger partial charge is 0.331 e. The molecule has 9 heteroatoms. The number of rotatable bonds is 6. The summed E-state index contributed by atoms with van der Waals surface area (Å²) >= 11 is 6.05. The Morgan fingerprint density at radius 3 is 2.61 bits per heavy atom. The number of hydrogen-bond donors (Lipinski definition) is 1. The highest BCUT2D eigenvalue weighted by Gasteiger charge is 2.19. The first kappa shape index (κ1) is 20.3. The lowest BCUT2D eigenvalue weighted by Crippen LogP contribution is -2.22. The van der Waals surface area contributed by atoms with E-state index in [0.29, 0.717) is 28.5 Å². The van der Waals surface area contributed by atoms with Crippen molar-refractivity contribution >= 4 is 44.3 Å². The van der Waals surface area contributed by atoms with Gasteiger partial charge in [-0.05, 0) is 30.3 Å². The summed E-state index contributed by atoms with van der Waals surface area (Å²) in [5.74, 6) is 0.528. The number of nitrogens with one attached hydrogen (secondary N) is 1. The fraction of sp³-hybridized carbons (Fsp3) is 0.263. The Morgan fingerprint density at radius 1 is 1.21 bits per heavy atom. The second-order valence-corrected chi connectivity index (χ2v) is 9.11. The molecule has 148 valence electrons. The van der Waals surface area contributed by atoms with Crippen LogP contribution in [0.3, 0.4) is 0 Å². The SMILES string of the molecule is CN(C)S(=O)(=O)c1ccc2c(c1)nc(CCC(=O)Nc1ccccc1Cl)n2C. The van der Waals surface area contributed by atoms with Crippen LogP contribution in [0.1, 0.15) is 12.2 Å². The second kappa shape index (κ2) is 7.90. The Hall–Kier alpha value is -2.42. The number of carbonyl (C=O) groups is 1. The van der Waals surface area contributed by atoms with Crippen molar-refractivity contribution in [1.29, 1.82) is 0 Å². The van der Waals surface area contributed by atoms with Crippen molar-refractivity contribution in [2.24, 2.45) is 7.05 Å². The van der Waals surface area contributed by atoms with Crippen LogP contribution in [0.15, 0.2) is 47.4 Å². The van der Waals surface area contributed by atoms with Gasteiger partial charge in [-0.25, -0.2) is 17.7 Å². The molecule has 1 N–H and O–H groups in total. The molecule has 0 bridgehead atoms. The lowest BCUT2D eigenvalue weighted by Gasteiger charge is -2.10. The number of carbonyl (C=O) groups excluding carboxylic acids is 1. The van der Waals surface area contributed by atoms with Crippen molar-refractivity contribution in [3.05, 3.63) is 53.3 Å². The quantitative estimate of drug-likeness (QED) is 0.664. The number of aryl methyl sites for hydroxylation is 2. The van der Waals surface area contributed by atoms with E-state index in [2.05, 4.69) is 10.3 Å². The molecule has 28 heavy (non-hydrogen) atoms. The van der Waals surface area contributed by atoms with Crippen molar-refractivity contribution in [2.45, 2.75) is 17.7 Å². The van der Waals surface area contributed by atoms with E-state index in [9.17, 15) is 13.2 Å². The predicted octanol–water partition coefficient (Wildman–Crippen LogP) is 3.05. The van der Waals surface area contributed by atoms with E-state index in [1.54, 1.807) is 42.5 Å². The first-order chi connectivity index (χ1) is 13.2. The van der Waals surface area contributed by atoms with Gasteiger partial charge in [-0.1, -0.05) is 23.7 Å². The summed E-state index contributed by atoms with van der Waals surface area (Å²) in [5, 5.41) is 3.26. The van der Waals surface area contributed by atoms with Gasteiger partial charge in [-0.15, -0.1) is 0 Å². The highest BCUT2D eigenvalue weighted by Crippen LogP contribution is 2.23. The van der Waals surface area contributed by atoms with Gasteiger partial charge in [0.15, 0.2) is 0 Å². The summed E-state index contributed by atoms with van der Waals surface area (Å²) in [6, 6.07) is 11.9. The number of imidazole rings is 1. The number of amides is 1. The Morgan fingerprint density at radius 2 is 1.93 bits per heavy atom. The summed E-state index contributed by atoms with van der Waals surface area (Å²) in [6.45, 7) is 0.